The average molecular weight is 387 g/mol. The molecule has 2 unspecified atom stereocenters. The smallest absolute Gasteiger partial charge is 0.225 e. The Morgan fingerprint density at radius 1 is 1.14 bits per heavy atom. The van der Waals surface area contributed by atoms with Gasteiger partial charge in [-0.05, 0) is 37.7 Å². The van der Waals surface area contributed by atoms with Crippen molar-refractivity contribution in [3.05, 3.63) is 35.4 Å². The number of hydrogen-bond acceptors (Lipinski definition) is 3. The lowest BCUT2D eigenvalue weighted by Crippen LogP contribution is -2.49. The van der Waals surface area contributed by atoms with Gasteiger partial charge in [0.05, 0.1) is 18.6 Å². The van der Waals surface area contributed by atoms with Crippen molar-refractivity contribution in [1.29, 1.82) is 0 Å². The number of benzene rings is 1. The molecule has 1 aromatic rings. The molecule has 1 heterocycles. The second-order valence-corrected chi connectivity index (χ2v) is 8.33. The number of nitrogens with one attached hydrogen (secondary N) is 1. The molecule has 154 valence electrons. The number of rotatable bonds is 7. The predicted octanol–water partition coefficient (Wildman–Crippen LogP) is 3.62. The van der Waals surface area contributed by atoms with Gasteiger partial charge in [0, 0.05) is 26.6 Å². The Balaban J connectivity index is 1.76. The molecule has 1 N–H and O–H groups in total. The molecule has 1 saturated carbocycles. The highest BCUT2D eigenvalue weighted by Crippen LogP contribution is 2.37. The van der Waals surface area contributed by atoms with Crippen molar-refractivity contribution >= 4 is 11.8 Å². The number of aryl methyl sites for hydroxylation is 1. The van der Waals surface area contributed by atoms with E-state index < -0.39 is 0 Å². The first kappa shape index (κ1) is 20.8. The Kier molecular flexibility index (Phi) is 7.49. The Morgan fingerprint density at radius 3 is 2.54 bits per heavy atom. The molecule has 0 bridgehead atoms. The van der Waals surface area contributed by atoms with Gasteiger partial charge in [-0.25, -0.2) is 0 Å². The summed E-state index contributed by atoms with van der Waals surface area (Å²) >= 11 is 0. The van der Waals surface area contributed by atoms with Gasteiger partial charge in [0.25, 0.3) is 0 Å². The molecule has 3 rings (SSSR count). The van der Waals surface area contributed by atoms with E-state index in [1.807, 2.05) is 11.8 Å². The maximum atomic E-state index is 13.1. The summed E-state index contributed by atoms with van der Waals surface area (Å²) in [5, 5.41) is 3.22. The maximum absolute atomic E-state index is 13.1. The molecule has 2 aliphatic rings. The second kappa shape index (κ2) is 10.1. The van der Waals surface area contributed by atoms with E-state index in [9.17, 15) is 9.59 Å². The van der Waals surface area contributed by atoms with Crippen LogP contribution in [0.15, 0.2) is 24.3 Å². The number of ether oxygens (including phenoxy) is 1. The van der Waals surface area contributed by atoms with Crippen molar-refractivity contribution in [3.63, 3.8) is 0 Å². The molecule has 0 aromatic heterocycles. The summed E-state index contributed by atoms with van der Waals surface area (Å²) in [6.45, 7) is 3.81. The number of amides is 2. The molecular weight excluding hydrogens is 352 g/mol. The zero-order valence-electron chi connectivity index (χ0n) is 17.3. The van der Waals surface area contributed by atoms with Gasteiger partial charge in [-0.2, -0.15) is 0 Å². The van der Waals surface area contributed by atoms with Crippen LogP contribution in [0.5, 0.6) is 0 Å². The van der Waals surface area contributed by atoms with E-state index >= 15 is 0 Å². The van der Waals surface area contributed by atoms with Crippen molar-refractivity contribution in [2.45, 2.75) is 57.9 Å². The molecule has 5 heteroatoms. The van der Waals surface area contributed by atoms with Crippen LogP contribution in [0.2, 0.25) is 0 Å². The zero-order valence-corrected chi connectivity index (χ0v) is 17.3. The van der Waals surface area contributed by atoms with Gasteiger partial charge in [-0.15, -0.1) is 0 Å². The predicted molar refractivity (Wildman–Crippen MR) is 110 cm³/mol. The third kappa shape index (κ3) is 5.13. The van der Waals surface area contributed by atoms with Gasteiger partial charge >= 0.3 is 0 Å². The number of nitrogens with zero attached hydrogens (tertiary/aromatic N) is 1. The monoisotopic (exact) mass is 386 g/mol. The quantitative estimate of drug-likeness (QED) is 0.779. The van der Waals surface area contributed by atoms with Crippen LogP contribution in [-0.2, 0) is 14.3 Å². The van der Waals surface area contributed by atoms with Crippen molar-refractivity contribution in [2.75, 3.05) is 26.8 Å². The van der Waals surface area contributed by atoms with Gasteiger partial charge in [0.2, 0.25) is 11.8 Å². The highest BCUT2D eigenvalue weighted by Gasteiger charge is 2.40. The third-order valence-electron chi connectivity index (χ3n) is 6.29. The molecular formula is C23H34N2O3. The van der Waals surface area contributed by atoms with Crippen LogP contribution in [0.25, 0.3) is 0 Å². The summed E-state index contributed by atoms with van der Waals surface area (Å²) in [7, 11) is 1.64. The largest absolute Gasteiger partial charge is 0.383 e. The minimum Gasteiger partial charge on any atom is -0.383 e. The molecule has 2 fully saturated rings. The number of piperidine rings is 1. The topological polar surface area (TPSA) is 58.6 Å². The van der Waals surface area contributed by atoms with E-state index in [1.54, 1.807) is 7.11 Å². The van der Waals surface area contributed by atoms with Crippen molar-refractivity contribution in [3.8, 4) is 0 Å². The van der Waals surface area contributed by atoms with Crippen molar-refractivity contribution < 1.29 is 14.3 Å². The standard InChI is InChI=1S/C23H34N2O3/c1-17-8-10-19(11-9-17)22-20(12-13-21(26)25(22)14-15-28-2)23(27)24-16-18-6-4-3-5-7-18/h8-11,18,20,22H,3-7,12-16H2,1-2H3,(H,24,27). The molecule has 1 saturated heterocycles. The van der Waals surface area contributed by atoms with Gasteiger partial charge in [0.1, 0.15) is 0 Å². The Bertz CT molecular complexity index is 652. The van der Waals surface area contributed by atoms with Crippen LogP contribution >= 0.6 is 0 Å². The number of likely N-dealkylation sites (tertiary alicyclic amines) is 1. The summed E-state index contributed by atoms with van der Waals surface area (Å²) in [4.78, 5) is 27.6. The fraction of sp³-hybridized carbons (Fsp3) is 0.652. The van der Waals surface area contributed by atoms with E-state index in [0.717, 1.165) is 12.1 Å². The molecule has 0 spiro atoms. The van der Waals surface area contributed by atoms with Crippen LogP contribution in [-0.4, -0.2) is 43.5 Å². The van der Waals surface area contributed by atoms with Gasteiger partial charge in [-0.1, -0.05) is 49.1 Å². The Hall–Kier alpha value is -1.88. The molecule has 28 heavy (non-hydrogen) atoms. The number of carbonyl (C=O) groups is 2. The lowest BCUT2D eigenvalue weighted by Gasteiger charge is -2.41. The first-order valence-corrected chi connectivity index (χ1v) is 10.7. The number of methoxy groups -OCH3 is 1. The normalized spacial score (nSPS) is 23.6. The summed E-state index contributed by atoms with van der Waals surface area (Å²) in [5.74, 6) is 0.594. The van der Waals surface area contributed by atoms with Crippen LogP contribution < -0.4 is 5.32 Å². The lowest BCUT2D eigenvalue weighted by molar-refractivity contribution is -0.144. The number of hydrogen-bond donors (Lipinski definition) is 1. The summed E-state index contributed by atoms with van der Waals surface area (Å²) in [6.07, 6.45) is 7.32. The minimum atomic E-state index is -0.219. The van der Waals surface area contributed by atoms with E-state index in [1.165, 1.54) is 37.7 Å². The van der Waals surface area contributed by atoms with Crippen LogP contribution in [0.1, 0.15) is 62.1 Å². The highest BCUT2D eigenvalue weighted by atomic mass is 16.5. The van der Waals surface area contributed by atoms with Crippen LogP contribution in [0.4, 0.5) is 0 Å². The number of carbonyl (C=O) groups excluding carboxylic acids is 2. The van der Waals surface area contributed by atoms with E-state index in [2.05, 4.69) is 29.6 Å². The summed E-state index contributed by atoms with van der Waals surface area (Å²) < 4.78 is 5.22. The van der Waals surface area contributed by atoms with E-state index in [4.69, 9.17) is 4.74 Å². The van der Waals surface area contributed by atoms with Gasteiger partial charge in [-0.3, -0.25) is 9.59 Å². The SMILES string of the molecule is COCCN1C(=O)CCC(C(=O)NCC2CCCCC2)C1c1ccc(C)cc1. The summed E-state index contributed by atoms with van der Waals surface area (Å²) in [6, 6.07) is 8.00. The first-order valence-electron chi connectivity index (χ1n) is 10.7. The fourth-order valence-corrected chi connectivity index (χ4v) is 4.62. The second-order valence-electron chi connectivity index (χ2n) is 8.33. The molecule has 2 atom stereocenters. The Morgan fingerprint density at radius 2 is 1.86 bits per heavy atom. The zero-order chi connectivity index (χ0) is 19.9. The molecule has 0 radical (unpaired) electrons. The van der Waals surface area contributed by atoms with Crippen LogP contribution in [0.3, 0.4) is 0 Å². The average Bonchev–Trinajstić information content (AvgIpc) is 2.72. The van der Waals surface area contributed by atoms with Gasteiger partial charge < -0.3 is 15.0 Å². The van der Waals surface area contributed by atoms with Gasteiger partial charge in [0.15, 0.2) is 0 Å². The van der Waals surface area contributed by atoms with E-state index in [-0.39, 0.29) is 23.8 Å². The molecule has 1 aliphatic heterocycles. The van der Waals surface area contributed by atoms with E-state index in [0.29, 0.717) is 31.9 Å². The lowest BCUT2D eigenvalue weighted by atomic mass is 9.83. The van der Waals surface area contributed by atoms with Crippen molar-refractivity contribution in [2.24, 2.45) is 11.8 Å². The summed E-state index contributed by atoms with van der Waals surface area (Å²) in [5.41, 5.74) is 2.21. The highest BCUT2D eigenvalue weighted by molar-refractivity contribution is 5.85. The first-order chi connectivity index (χ1) is 13.6. The fourth-order valence-electron chi connectivity index (χ4n) is 4.62. The molecule has 5 nitrogen and oxygen atoms in total. The maximum Gasteiger partial charge on any atom is 0.225 e. The van der Waals surface area contributed by atoms with Crippen LogP contribution in [0, 0.1) is 18.8 Å². The third-order valence-corrected chi connectivity index (χ3v) is 6.29. The minimum absolute atomic E-state index is 0.0889. The molecule has 1 aromatic carbocycles. The Labute approximate surface area is 168 Å². The molecule has 1 aliphatic carbocycles. The molecule has 2 amide bonds. The van der Waals surface area contributed by atoms with Crippen molar-refractivity contribution in [1.82, 2.24) is 10.2 Å².